The Balaban J connectivity index is 1.76. The van der Waals surface area contributed by atoms with Crippen molar-refractivity contribution in [3.63, 3.8) is 0 Å². The number of ketones is 1. The lowest BCUT2D eigenvalue weighted by Gasteiger charge is -2.09. The fraction of sp³-hybridized carbons (Fsp3) is 0.0800. The van der Waals surface area contributed by atoms with Crippen molar-refractivity contribution < 1.29 is 19.1 Å². The molecule has 0 unspecified atom stereocenters. The van der Waals surface area contributed by atoms with E-state index < -0.39 is 5.91 Å². The Morgan fingerprint density at radius 3 is 2.55 bits per heavy atom. The second-order valence-electron chi connectivity index (χ2n) is 7.14. The van der Waals surface area contributed by atoms with E-state index in [1.54, 1.807) is 56.9 Å². The van der Waals surface area contributed by atoms with Gasteiger partial charge in [0.1, 0.15) is 11.3 Å². The molecule has 0 aliphatic carbocycles. The van der Waals surface area contributed by atoms with E-state index in [-0.39, 0.29) is 11.5 Å². The average Bonchev–Trinajstić information content (AvgIpc) is 3.22. The van der Waals surface area contributed by atoms with Gasteiger partial charge in [0.25, 0.3) is 5.91 Å². The molecule has 0 aliphatic heterocycles. The molecule has 0 bridgehead atoms. The third kappa shape index (κ3) is 4.47. The lowest BCUT2D eigenvalue weighted by molar-refractivity contribution is 0.0949. The molecule has 166 valence electrons. The van der Waals surface area contributed by atoms with Crippen molar-refractivity contribution in [3.05, 3.63) is 87.9 Å². The number of hydrogen-bond acceptors (Lipinski definition) is 6. The van der Waals surface area contributed by atoms with E-state index in [2.05, 4.69) is 27.6 Å². The lowest BCUT2D eigenvalue weighted by Crippen LogP contribution is -2.20. The van der Waals surface area contributed by atoms with E-state index in [9.17, 15) is 9.59 Å². The molecule has 33 heavy (non-hydrogen) atoms. The predicted octanol–water partition coefficient (Wildman–Crippen LogP) is 4.69. The zero-order valence-electron chi connectivity index (χ0n) is 17.9. The molecule has 7 nitrogen and oxygen atoms in total. The number of ether oxygens (including phenoxy) is 2. The van der Waals surface area contributed by atoms with Crippen molar-refractivity contribution in [2.45, 2.75) is 0 Å². The highest BCUT2D eigenvalue weighted by molar-refractivity contribution is 14.1. The van der Waals surface area contributed by atoms with Gasteiger partial charge in [-0.15, -0.1) is 0 Å². The molecule has 2 aromatic heterocycles. The van der Waals surface area contributed by atoms with Gasteiger partial charge >= 0.3 is 0 Å². The van der Waals surface area contributed by atoms with Crippen LogP contribution < -0.4 is 15.2 Å². The van der Waals surface area contributed by atoms with Crippen molar-refractivity contribution in [2.75, 3.05) is 14.2 Å². The van der Waals surface area contributed by atoms with Crippen LogP contribution in [0.1, 0.15) is 15.2 Å². The Morgan fingerprint density at radius 2 is 1.82 bits per heavy atom. The second kappa shape index (κ2) is 9.45. The van der Waals surface area contributed by atoms with Crippen molar-refractivity contribution in [3.8, 4) is 22.6 Å². The van der Waals surface area contributed by atoms with Crippen LogP contribution in [0.2, 0.25) is 0 Å². The number of nitrogens with zero attached hydrogens (tertiary/aromatic N) is 2. The van der Waals surface area contributed by atoms with Gasteiger partial charge in [-0.25, -0.2) is 4.98 Å². The number of fused-ring (bicyclic) bond motifs is 1. The number of hydrogen-bond donors (Lipinski definition) is 1. The minimum absolute atomic E-state index is 0.180. The van der Waals surface area contributed by atoms with Crippen LogP contribution in [-0.4, -0.2) is 35.5 Å². The Labute approximate surface area is 204 Å². The Bertz CT molecular complexity index is 1410. The Kier molecular flexibility index (Phi) is 6.45. The first-order valence-corrected chi connectivity index (χ1v) is 11.0. The number of pyridine rings is 1. The van der Waals surface area contributed by atoms with Crippen LogP contribution in [0.4, 0.5) is 0 Å². The molecule has 2 heterocycles. The first kappa shape index (κ1) is 22.5. The molecule has 0 saturated carbocycles. The molecule has 2 aromatic carbocycles. The molecule has 0 aliphatic rings. The van der Waals surface area contributed by atoms with Gasteiger partial charge < -0.3 is 15.2 Å². The highest BCUT2D eigenvalue weighted by Crippen LogP contribution is 2.36. The minimum atomic E-state index is -0.538. The maximum absolute atomic E-state index is 13.2. The van der Waals surface area contributed by atoms with Gasteiger partial charge in [-0.05, 0) is 64.6 Å². The number of benzene rings is 2. The van der Waals surface area contributed by atoms with Gasteiger partial charge in [0.15, 0.2) is 17.3 Å². The smallest absolute Gasteiger partial charge is 0.279 e. The van der Waals surface area contributed by atoms with E-state index in [1.165, 1.54) is 4.57 Å². The van der Waals surface area contributed by atoms with Crippen LogP contribution in [0, 0.1) is 3.57 Å². The van der Waals surface area contributed by atoms with Crippen LogP contribution in [0.5, 0.6) is 11.5 Å². The third-order valence-electron chi connectivity index (χ3n) is 5.12. The number of carbonyl (C=O) groups is 2. The van der Waals surface area contributed by atoms with E-state index in [0.717, 1.165) is 26.2 Å². The number of aromatic nitrogens is 2. The zero-order valence-corrected chi connectivity index (χ0v) is 20.1. The summed E-state index contributed by atoms with van der Waals surface area (Å²) in [6.07, 6.45) is 4.41. The number of halogens is 1. The normalized spacial score (nSPS) is 11.4. The highest BCUT2D eigenvalue weighted by Gasteiger charge is 2.19. The molecular formula is C25H20IN3O4. The number of allylic oxidation sites excluding steroid dienone is 2. The predicted molar refractivity (Wildman–Crippen MR) is 135 cm³/mol. The summed E-state index contributed by atoms with van der Waals surface area (Å²) in [4.78, 5) is 30.2. The topological polar surface area (TPSA) is 96.4 Å². The fourth-order valence-corrected chi connectivity index (χ4v) is 4.06. The van der Waals surface area contributed by atoms with Crippen molar-refractivity contribution >= 4 is 45.3 Å². The zero-order chi connectivity index (χ0) is 23.5. The molecule has 4 aromatic rings. The summed E-state index contributed by atoms with van der Waals surface area (Å²) in [6, 6.07) is 16.2. The SMILES string of the molecule is COc1ccc(-c2cn(C(=O)C(N)=CC(=O)c3cccc(I)c3)c3ncccc23)cc1OC. The minimum Gasteiger partial charge on any atom is -0.493 e. The molecular weight excluding hydrogens is 533 g/mol. The van der Waals surface area contributed by atoms with Crippen molar-refractivity contribution in [1.82, 2.24) is 9.55 Å². The van der Waals surface area contributed by atoms with Gasteiger partial charge in [0, 0.05) is 38.6 Å². The second-order valence-corrected chi connectivity index (χ2v) is 8.38. The van der Waals surface area contributed by atoms with Gasteiger partial charge in [0.2, 0.25) is 0 Å². The number of nitrogens with two attached hydrogens (primary N) is 1. The molecule has 0 fully saturated rings. The van der Waals surface area contributed by atoms with E-state index in [0.29, 0.717) is 22.7 Å². The summed E-state index contributed by atoms with van der Waals surface area (Å²) in [6.45, 7) is 0. The van der Waals surface area contributed by atoms with Crippen LogP contribution >= 0.6 is 22.6 Å². The molecule has 8 heteroatoms. The van der Waals surface area contributed by atoms with Crippen LogP contribution in [-0.2, 0) is 0 Å². The molecule has 2 N–H and O–H groups in total. The van der Waals surface area contributed by atoms with Crippen molar-refractivity contribution in [2.24, 2.45) is 5.73 Å². The van der Waals surface area contributed by atoms with Gasteiger partial charge in [-0.3, -0.25) is 14.2 Å². The first-order valence-electron chi connectivity index (χ1n) is 9.93. The third-order valence-corrected chi connectivity index (χ3v) is 5.79. The molecule has 0 radical (unpaired) electrons. The summed E-state index contributed by atoms with van der Waals surface area (Å²) in [5.74, 6) is 0.280. The number of carbonyl (C=O) groups excluding carboxylic acids is 2. The highest BCUT2D eigenvalue weighted by atomic mass is 127. The largest absolute Gasteiger partial charge is 0.493 e. The molecule has 4 rings (SSSR count). The van der Waals surface area contributed by atoms with E-state index >= 15 is 0 Å². The Hall–Kier alpha value is -3.66. The number of rotatable bonds is 6. The number of methoxy groups -OCH3 is 2. The average molecular weight is 553 g/mol. The van der Waals surface area contributed by atoms with E-state index in [4.69, 9.17) is 15.2 Å². The standard InChI is InChI=1S/C25H20IN3O4/c1-32-22-9-8-15(12-23(22)33-2)19-14-29(24-18(19)7-4-10-28-24)25(31)20(27)13-21(30)16-5-3-6-17(26)11-16/h3-14H,27H2,1-2H3. The van der Waals surface area contributed by atoms with Crippen LogP contribution in [0.3, 0.4) is 0 Å². The Morgan fingerprint density at radius 1 is 1.03 bits per heavy atom. The maximum atomic E-state index is 13.2. The van der Waals surface area contributed by atoms with Crippen LogP contribution in [0.25, 0.3) is 22.2 Å². The lowest BCUT2D eigenvalue weighted by atomic mass is 10.1. The van der Waals surface area contributed by atoms with Crippen molar-refractivity contribution in [1.29, 1.82) is 0 Å². The first-order chi connectivity index (χ1) is 15.9. The summed E-state index contributed by atoms with van der Waals surface area (Å²) in [5, 5.41) is 0.759. The monoisotopic (exact) mass is 553 g/mol. The summed E-state index contributed by atoms with van der Waals surface area (Å²) in [5.41, 5.74) is 8.35. The molecule has 0 amide bonds. The van der Waals surface area contributed by atoms with Crippen LogP contribution in [0.15, 0.2) is 78.8 Å². The van der Waals surface area contributed by atoms with Gasteiger partial charge in [0.05, 0.1) is 14.2 Å². The summed E-state index contributed by atoms with van der Waals surface area (Å²) < 4.78 is 13.0. The molecule has 0 spiro atoms. The van der Waals surface area contributed by atoms with Gasteiger partial charge in [-0.1, -0.05) is 18.2 Å². The molecule has 0 saturated heterocycles. The molecule has 0 atom stereocenters. The summed E-state index contributed by atoms with van der Waals surface area (Å²) in [7, 11) is 3.13. The maximum Gasteiger partial charge on any atom is 0.279 e. The quantitative estimate of drug-likeness (QED) is 0.212. The fourth-order valence-electron chi connectivity index (χ4n) is 3.51. The summed E-state index contributed by atoms with van der Waals surface area (Å²) >= 11 is 2.12. The van der Waals surface area contributed by atoms with Gasteiger partial charge in [-0.2, -0.15) is 0 Å². The van der Waals surface area contributed by atoms with E-state index in [1.807, 2.05) is 24.3 Å².